The number of aryl methyl sites for hydroxylation is 1. The SMILES string of the molecule is CCCCn1cnc(NC)c1. The predicted octanol–water partition coefficient (Wildman–Crippen LogP) is 1.72. The van der Waals surface area contributed by atoms with Crippen molar-refractivity contribution in [1.82, 2.24) is 9.55 Å². The van der Waals surface area contributed by atoms with Crippen LogP contribution in [-0.4, -0.2) is 16.6 Å². The van der Waals surface area contributed by atoms with Crippen molar-refractivity contribution in [2.24, 2.45) is 0 Å². The van der Waals surface area contributed by atoms with E-state index in [1.807, 2.05) is 19.6 Å². The Morgan fingerprint density at radius 2 is 2.45 bits per heavy atom. The van der Waals surface area contributed by atoms with Crippen LogP contribution < -0.4 is 5.32 Å². The fourth-order valence-corrected chi connectivity index (χ4v) is 0.952. The van der Waals surface area contributed by atoms with Crippen molar-refractivity contribution in [2.45, 2.75) is 26.3 Å². The number of imidazole rings is 1. The van der Waals surface area contributed by atoms with E-state index in [9.17, 15) is 0 Å². The number of hydrogen-bond donors (Lipinski definition) is 1. The second kappa shape index (κ2) is 4.01. The second-order valence-electron chi connectivity index (χ2n) is 2.60. The predicted molar refractivity (Wildman–Crippen MR) is 46.7 cm³/mol. The van der Waals surface area contributed by atoms with Crippen LogP contribution in [0.15, 0.2) is 12.5 Å². The third-order valence-corrected chi connectivity index (χ3v) is 1.66. The van der Waals surface area contributed by atoms with Gasteiger partial charge in [0.1, 0.15) is 5.82 Å². The van der Waals surface area contributed by atoms with Gasteiger partial charge in [-0.2, -0.15) is 0 Å². The maximum atomic E-state index is 4.14. The Balaban J connectivity index is 2.44. The van der Waals surface area contributed by atoms with Gasteiger partial charge in [0.2, 0.25) is 0 Å². The number of hydrogen-bond acceptors (Lipinski definition) is 2. The van der Waals surface area contributed by atoms with E-state index in [1.54, 1.807) is 0 Å². The van der Waals surface area contributed by atoms with Crippen molar-refractivity contribution < 1.29 is 0 Å². The minimum Gasteiger partial charge on any atom is -0.372 e. The average molecular weight is 153 g/mol. The largest absolute Gasteiger partial charge is 0.372 e. The number of aromatic nitrogens is 2. The highest BCUT2D eigenvalue weighted by Gasteiger charge is 1.93. The average Bonchev–Trinajstić information content (AvgIpc) is 2.48. The highest BCUT2D eigenvalue weighted by atomic mass is 15.1. The van der Waals surface area contributed by atoms with Crippen molar-refractivity contribution in [3.05, 3.63) is 12.5 Å². The molecule has 0 radical (unpaired) electrons. The third-order valence-electron chi connectivity index (χ3n) is 1.66. The molecule has 0 aromatic carbocycles. The lowest BCUT2D eigenvalue weighted by molar-refractivity contribution is 0.631. The number of anilines is 1. The normalized spacial score (nSPS) is 10.0. The lowest BCUT2D eigenvalue weighted by atomic mass is 10.3. The van der Waals surface area contributed by atoms with Gasteiger partial charge in [0.15, 0.2) is 0 Å². The van der Waals surface area contributed by atoms with Crippen LogP contribution in [-0.2, 0) is 6.54 Å². The van der Waals surface area contributed by atoms with Gasteiger partial charge in [-0.05, 0) is 6.42 Å². The molecule has 1 rings (SSSR count). The molecule has 11 heavy (non-hydrogen) atoms. The molecule has 0 bridgehead atoms. The highest BCUT2D eigenvalue weighted by molar-refractivity contribution is 5.29. The molecule has 1 heterocycles. The zero-order chi connectivity index (χ0) is 8.10. The summed E-state index contributed by atoms with van der Waals surface area (Å²) >= 11 is 0. The van der Waals surface area contributed by atoms with Gasteiger partial charge in [-0.1, -0.05) is 13.3 Å². The summed E-state index contributed by atoms with van der Waals surface area (Å²) in [4.78, 5) is 4.14. The second-order valence-corrected chi connectivity index (χ2v) is 2.60. The van der Waals surface area contributed by atoms with Crippen LogP contribution in [0.4, 0.5) is 5.82 Å². The molecule has 0 saturated carbocycles. The van der Waals surface area contributed by atoms with Gasteiger partial charge in [0, 0.05) is 19.8 Å². The molecule has 3 nitrogen and oxygen atoms in total. The lowest BCUT2D eigenvalue weighted by Crippen LogP contribution is -1.93. The van der Waals surface area contributed by atoms with Crippen molar-refractivity contribution >= 4 is 5.82 Å². The maximum Gasteiger partial charge on any atom is 0.143 e. The first-order chi connectivity index (χ1) is 5.36. The Morgan fingerprint density at radius 1 is 1.64 bits per heavy atom. The molecule has 1 aromatic rings. The minimum absolute atomic E-state index is 0.945. The summed E-state index contributed by atoms with van der Waals surface area (Å²) < 4.78 is 2.11. The molecule has 3 heteroatoms. The van der Waals surface area contributed by atoms with Crippen LogP contribution in [0.3, 0.4) is 0 Å². The summed E-state index contributed by atoms with van der Waals surface area (Å²) in [6, 6.07) is 0. The first-order valence-electron chi connectivity index (χ1n) is 4.06. The number of nitrogens with one attached hydrogen (secondary N) is 1. The molecule has 0 fully saturated rings. The van der Waals surface area contributed by atoms with E-state index in [-0.39, 0.29) is 0 Å². The third kappa shape index (κ3) is 2.26. The molecule has 0 aliphatic heterocycles. The number of rotatable bonds is 4. The minimum atomic E-state index is 0.945. The lowest BCUT2D eigenvalue weighted by Gasteiger charge is -1.97. The standard InChI is InChI=1S/C8H15N3/c1-3-4-5-11-6-8(9-2)10-7-11/h6-7,9H,3-5H2,1-2H3. The fourth-order valence-electron chi connectivity index (χ4n) is 0.952. The molecule has 0 spiro atoms. The molecule has 0 saturated heterocycles. The van der Waals surface area contributed by atoms with Crippen LogP contribution in [0, 0.1) is 0 Å². The zero-order valence-electron chi connectivity index (χ0n) is 7.17. The van der Waals surface area contributed by atoms with Crippen LogP contribution in [0.2, 0.25) is 0 Å². The van der Waals surface area contributed by atoms with Crippen LogP contribution >= 0.6 is 0 Å². The molecule has 0 amide bonds. The van der Waals surface area contributed by atoms with E-state index in [1.165, 1.54) is 12.8 Å². The monoisotopic (exact) mass is 153 g/mol. The van der Waals surface area contributed by atoms with E-state index >= 15 is 0 Å². The van der Waals surface area contributed by atoms with Gasteiger partial charge < -0.3 is 9.88 Å². The van der Waals surface area contributed by atoms with Gasteiger partial charge >= 0.3 is 0 Å². The van der Waals surface area contributed by atoms with Crippen LogP contribution in [0.5, 0.6) is 0 Å². The molecule has 62 valence electrons. The molecule has 0 aliphatic carbocycles. The van der Waals surface area contributed by atoms with E-state index in [0.717, 1.165) is 12.4 Å². The molecule has 0 aliphatic rings. The van der Waals surface area contributed by atoms with Gasteiger partial charge in [-0.3, -0.25) is 0 Å². The Hall–Kier alpha value is -0.990. The Morgan fingerprint density at radius 3 is 3.00 bits per heavy atom. The van der Waals surface area contributed by atoms with Crippen LogP contribution in [0.1, 0.15) is 19.8 Å². The summed E-state index contributed by atoms with van der Waals surface area (Å²) in [6.45, 7) is 3.26. The molecule has 0 unspecified atom stereocenters. The Bertz CT molecular complexity index is 205. The Kier molecular flexibility index (Phi) is 2.95. The number of nitrogens with zero attached hydrogens (tertiary/aromatic N) is 2. The van der Waals surface area contributed by atoms with Crippen molar-refractivity contribution in [3.8, 4) is 0 Å². The van der Waals surface area contributed by atoms with E-state index in [0.29, 0.717) is 0 Å². The zero-order valence-corrected chi connectivity index (χ0v) is 7.17. The number of unbranched alkanes of at least 4 members (excludes halogenated alkanes) is 1. The van der Waals surface area contributed by atoms with Gasteiger partial charge in [0.05, 0.1) is 6.33 Å². The van der Waals surface area contributed by atoms with Gasteiger partial charge in [0.25, 0.3) is 0 Å². The fraction of sp³-hybridized carbons (Fsp3) is 0.625. The molecule has 1 aromatic heterocycles. The van der Waals surface area contributed by atoms with Crippen molar-refractivity contribution in [1.29, 1.82) is 0 Å². The quantitative estimate of drug-likeness (QED) is 0.713. The smallest absolute Gasteiger partial charge is 0.143 e. The van der Waals surface area contributed by atoms with Gasteiger partial charge in [-0.15, -0.1) is 0 Å². The summed E-state index contributed by atoms with van der Waals surface area (Å²) in [5.74, 6) is 0.945. The van der Waals surface area contributed by atoms with Crippen molar-refractivity contribution in [3.63, 3.8) is 0 Å². The highest BCUT2D eigenvalue weighted by Crippen LogP contribution is 2.02. The van der Waals surface area contributed by atoms with E-state index in [2.05, 4.69) is 21.8 Å². The summed E-state index contributed by atoms with van der Waals surface area (Å²) in [5, 5.41) is 2.99. The molecular weight excluding hydrogens is 138 g/mol. The van der Waals surface area contributed by atoms with E-state index in [4.69, 9.17) is 0 Å². The molecule has 1 N–H and O–H groups in total. The molecular formula is C8H15N3. The summed E-state index contributed by atoms with van der Waals surface area (Å²) in [7, 11) is 1.88. The van der Waals surface area contributed by atoms with Gasteiger partial charge in [-0.25, -0.2) is 4.98 Å². The summed E-state index contributed by atoms with van der Waals surface area (Å²) in [5.41, 5.74) is 0. The first-order valence-corrected chi connectivity index (χ1v) is 4.06. The van der Waals surface area contributed by atoms with Crippen LogP contribution in [0.25, 0.3) is 0 Å². The summed E-state index contributed by atoms with van der Waals surface area (Å²) in [6.07, 6.45) is 6.34. The topological polar surface area (TPSA) is 29.9 Å². The first kappa shape index (κ1) is 8.11. The maximum absolute atomic E-state index is 4.14. The van der Waals surface area contributed by atoms with Crippen molar-refractivity contribution in [2.75, 3.05) is 12.4 Å². The van der Waals surface area contributed by atoms with E-state index < -0.39 is 0 Å². The molecule has 0 atom stereocenters. The Labute approximate surface area is 67.4 Å².